The minimum absolute atomic E-state index is 0.00197. The standard InChI is InChI=1S/C17H12ClN3O2S/c18-17-11-16(7-6-13(17)12-19)24(22,23)20-14-4-3-5-15(10-14)21-8-1-2-9-21/h1-11,20H. The van der Waals surface area contributed by atoms with E-state index in [1.807, 2.05) is 41.2 Å². The van der Waals surface area contributed by atoms with E-state index in [1.54, 1.807) is 18.2 Å². The molecule has 0 aliphatic carbocycles. The van der Waals surface area contributed by atoms with Crippen molar-refractivity contribution in [2.75, 3.05) is 4.72 Å². The third-order valence-electron chi connectivity index (χ3n) is 3.37. The van der Waals surface area contributed by atoms with Crippen LogP contribution in [0.25, 0.3) is 5.69 Å². The van der Waals surface area contributed by atoms with E-state index in [9.17, 15) is 8.42 Å². The molecule has 5 nitrogen and oxygen atoms in total. The summed E-state index contributed by atoms with van der Waals surface area (Å²) in [7, 11) is -3.80. The van der Waals surface area contributed by atoms with Gasteiger partial charge in [-0.25, -0.2) is 8.42 Å². The van der Waals surface area contributed by atoms with E-state index in [2.05, 4.69) is 4.72 Å². The number of anilines is 1. The molecule has 0 unspecified atom stereocenters. The zero-order valence-electron chi connectivity index (χ0n) is 12.3. The van der Waals surface area contributed by atoms with Crippen LogP contribution in [0, 0.1) is 11.3 Å². The molecule has 0 amide bonds. The van der Waals surface area contributed by atoms with Crippen LogP contribution in [0.2, 0.25) is 5.02 Å². The second kappa shape index (κ2) is 6.40. The highest BCUT2D eigenvalue weighted by atomic mass is 35.5. The Bertz CT molecular complexity index is 1020. The molecule has 7 heteroatoms. The number of rotatable bonds is 4. The Kier molecular flexibility index (Phi) is 4.30. The summed E-state index contributed by atoms with van der Waals surface area (Å²) in [5.74, 6) is 0. The highest BCUT2D eigenvalue weighted by molar-refractivity contribution is 7.92. The van der Waals surface area contributed by atoms with Gasteiger partial charge in [0.1, 0.15) is 6.07 Å². The molecule has 0 bridgehead atoms. The van der Waals surface area contributed by atoms with Crippen LogP contribution in [0.3, 0.4) is 0 Å². The molecular weight excluding hydrogens is 346 g/mol. The first-order chi connectivity index (χ1) is 11.5. The number of hydrogen-bond donors (Lipinski definition) is 1. The number of sulfonamides is 1. The smallest absolute Gasteiger partial charge is 0.261 e. The van der Waals surface area contributed by atoms with Crippen molar-refractivity contribution in [2.24, 2.45) is 0 Å². The average molecular weight is 358 g/mol. The summed E-state index contributed by atoms with van der Waals surface area (Å²) < 4.78 is 29.4. The van der Waals surface area contributed by atoms with Gasteiger partial charge in [-0.2, -0.15) is 5.26 Å². The SMILES string of the molecule is N#Cc1ccc(S(=O)(=O)Nc2cccc(-n3cccc3)c2)cc1Cl. The summed E-state index contributed by atoms with van der Waals surface area (Å²) in [5.41, 5.74) is 1.49. The van der Waals surface area contributed by atoms with E-state index in [4.69, 9.17) is 16.9 Å². The maximum atomic E-state index is 12.5. The van der Waals surface area contributed by atoms with Crippen LogP contribution in [0.4, 0.5) is 5.69 Å². The Labute approximate surface area is 144 Å². The van der Waals surface area contributed by atoms with Crippen LogP contribution in [0.15, 0.2) is 71.9 Å². The quantitative estimate of drug-likeness (QED) is 0.771. The molecule has 120 valence electrons. The topological polar surface area (TPSA) is 74.9 Å². The third-order valence-corrected chi connectivity index (χ3v) is 5.06. The molecule has 1 aromatic heterocycles. The van der Waals surface area contributed by atoms with Gasteiger partial charge in [0.05, 0.1) is 21.2 Å². The highest BCUT2D eigenvalue weighted by Crippen LogP contribution is 2.23. The van der Waals surface area contributed by atoms with Crippen LogP contribution in [0.1, 0.15) is 5.56 Å². The molecular formula is C17H12ClN3O2S. The zero-order valence-corrected chi connectivity index (χ0v) is 13.9. The normalized spacial score (nSPS) is 11.0. The van der Waals surface area contributed by atoms with Crippen LogP contribution in [-0.4, -0.2) is 13.0 Å². The summed E-state index contributed by atoms with van der Waals surface area (Å²) in [6.45, 7) is 0. The molecule has 2 aromatic carbocycles. The van der Waals surface area contributed by atoms with Gasteiger partial charge in [0, 0.05) is 18.1 Å². The van der Waals surface area contributed by atoms with E-state index in [-0.39, 0.29) is 15.5 Å². The first kappa shape index (κ1) is 16.1. The summed E-state index contributed by atoms with van der Waals surface area (Å²) in [4.78, 5) is -0.00197. The Balaban J connectivity index is 1.91. The van der Waals surface area contributed by atoms with Gasteiger partial charge in [0.2, 0.25) is 0 Å². The maximum Gasteiger partial charge on any atom is 0.261 e. The number of nitriles is 1. The second-order valence-corrected chi connectivity index (χ2v) is 7.09. The largest absolute Gasteiger partial charge is 0.324 e. The van der Waals surface area contributed by atoms with Crippen molar-refractivity contribution >= 4 is 27.3 Å². The number of aromatic nitrogens is 1. The fourth-order valence-corrected chi connectivity index (χ4v) is 3.57. The Morgan fingerprint density at radius 2 is 1.79 bits per heavy atom. The van der Waals surface area contributed by atoms with Crippen LogP contribution >= 0.6 is 11.6 Å². The third kappa shape index (κ3) is 3.27. The lowest BCUT2D eigenvalue weighted by molar-refractivity contribution is 0.601. The van der Waals surface area contributed by atoms with Crippen molar-refractivity contribution in [2.45, 2.75) is 4.90 Å². The minimum atomic E-state index is -3.80. The fourth-order valence-electron chi connectivity index (χ4n) is 2.20. The van der Waals surface area contributed by atoms with Crippen molar-refractivity contribution in [1.29, 1.82) is 5.26 Å². The van der Waals surface area contributed by atoms with E-state index >= 15 is 0 Å². The lowest BCUT2D eigenvalue weighted by Gasteiger charge is -2.10. The molecule has 0 radical (unpaired) electrons. The van der Waals surface area contributed by atoms with Crippen molar-refractivity contribution in [3.63, 3.8) is 0 Å². The summed E-state index contributed by atoms with van der Waals surface area (Å²) in [5, 5.41) is 8.97. The fraction of sp³-hybridized carbons (Fsp3) is 0. The Morgan fingerprint density at radius 3 is 2.46 bits per heavy atom. The monoisotopic (exact) mass is 357 g/mol. The van der Waals surface area contributed by atoms with Crippen molar-refractivity contribution in [3.05, 3.63) is 77.6 Å². The van der Waals surface area contributed by atoms with Crippen LogP contribution in [0.5, 0.6) is 0 Å². The van der Waals surface area contributed by atoms with Gasteiger partial charge in [0.25, 0.3) is 10.0 Å². The predicted octanol–water partition coefficient (Wildman–Crippen LogP) is 3.80. The van der Waals surface area contributed by atoms with E-state index in [1.165, 1.54) is 18.2 Å². The number of nitrogens with zero attached hydrogens (tertiary/aromatic N) is 2. The van der Waals surface area contributed by atoms with Gasteiger partial charge < -0.3 is 4.57 Å². The molecule has 1 heterocycles. The summed E-state index contributed by atoms with van der Waals surface area (Å²) in [6, 6.07) is 16.7. The van der Waals surface area contributed by atoms with Crippen molar-refractivity contribution in [3.8, 4) is 11.8 Å². The van der Waals surface area contributed by atoms with Crippen LogP contribution in [-0.2, 0) is 10.0 Å². The maximum absolute atomic E-state index is 12.5. The lowest BCUT2D eigenvalue weighted by atomic mass is 10.2. The summed E-state index contributed by atoms with van der Waals surface area (Å²) >= 11 is 5.91. The Hall–Kier alpha value is -2.75. The lowest BCUT2D eigenvalue weighted by Crippen LogP contribution is -2.13. The molecule has 0 saturated heterocycles. The molecule has 0 fully saturated rings. The van der Waals surface area contributed by atoms with E-state index < -0.39 is 10.0 Å². The van der Waals surface area contributed by atoms with Gasteiger partial charge in [0.15, 0.2) is 0 Å². The van der Waals surface area contributed by atoms with Gasteiger partial charge >= 0.3 is 0 Å². The van der Waals surface area contributed by atoms with E-state index in [0.29, 0.717) is 5.69 Å². The second-order valence-electron chi connectivity index (χ2n) is 5.00. The van der Waals surface area contributed by atoms with Gasteiger partial charge in [-0.15, -0.1) is 0 Å². The molecule has 0 spiro atoms. The van der Waals surface area contributed by atoms with E-state index in [0.717, 1.165) is 5.69 Å². The van der Waals surface area contributed by atoms with Gasteiger partial charge in [-0.3, -0.25) is 4.72 Å². The number of benzene rings is 2. The zero-order chi connectivity index (χ0) is 17.2. The number of halogens is 1. The molecule has 0 aliphatic heterocycles. The molecule has 1 N–H and O–H groups in total. The molecule has 0 atom stereocenters. The average Bonchev–Trinajstić information content (AvgIpc) is 3.09. The molecule has 3 aromatic rings. The Morgan fingerprint density at radius 1 is 1.04 bits per heavy atom. The predicted molar refractivity (Wildman–Crippen MR) is 92.7 cm³/mol. The van der Waals surface area contributed by atoms with Crippen LogP contribution < -0.4 is 4.72 Å². The first-order valence-electron chi connectivity index (χ1n) is 6.95. The minimum Gasteiger partial charge on any atom is -0.324 e. The van der Waals surface area contributed by atoms with Gasteiger partial charge in [-0.1, -0.05) is 17.7 Å². The number of nitrogens with one attached hydrogen (secondary N) is 1. The van der Waals surface area contributed by atoms with Crippen molar-refractivity contribution < 1.29 is 8.42 Å². The molecule has 0 saturated carbocycles. The molecule has 24 heavy (non-hydrogen) atoms. The van der Waals surface area contributed by atoms with Crippen molar-refractivity contribution in [1.82, 2.24) is 4.57 Å². The molecule has 3 rings (SSSR count). The first-order valence-corrected chi connectivity index (χ1v) is 8.81. The summed E-state index contributed by atoms with van der Waals surface area (Å²) in [6.07, 6.45) is 3.74. The molecule has 0 aliphatic rings. The number of hydrogen-bond acceptors (Lipinski definition) is 3. The van der Waals surface area contributed by atoms with Gasteiger partial charge in [-0.05, 0) is 48.5 Å². The highest BCUT2D eigenvalue weighted by Gasteiger charge is 2.16.